The van der Waals surface area contributed by atoms with Crippen molar-refractivity contribution in [2.45, 2.75) is 13.8 Å². The summed E-state index contributed by atoms with van der Waals surface area (Å²) in [4.78, 5) is 0. The van der Waals surface area contributed by atoms with Gasteiger partial charge in [0, 0.05) is 17.1 Å². The molecule has 0 aliphatic heterocycles. The van der Waals surface area contributed by atoms with Crippen LogP contribution in [0.4, 0.5) is 0 Å². The van der Waals surface area contributed by atoms with E-state index < -0.39 is 0 Å². The quantitative estimate of drug-likeness (QED) is 0.794. The molecule has 1 aromatic carbocycles. The molecule has 0 radical (unpaired) electrons. The van der Waals surface area contributed by atoms with Gasteiger partial charge in [-0.05, 0) is 37.6 Å². The smallest absolute Gasteiger partial charge is 0.163 e. The van der Waals surface area contributed by atoms with Crippen LogP contribution in [0.5, 0.6) is 0 Å². The third-order valence-electron chi connectivity index (χ3n) is 2.52. The zero-order chi connectivity index (χ0) is 11.0. The monoisotopic (exact) mass is 265 g/mol. The molecule has 0 bridgehead atoms. The summed E-state index contributed by atoms with van der Waals surface area (Å²) < 4.78 is 3.08. The average molecular weight is 266 g/mol. The van der Waals surface area contributed by atoms with Gasteiger partial charge in [0.25, 0.3) is 0 Å². The normalized spacial score (nSPS) is 10.7. The van der Waals surface area contributed by atoms with E-state index in [0.29, 0.717) is 0 Å². The molecular weight excluding hydrogens is 254 g/mol. The molecule has 0 amide bonds. The Morgan fingerprint density at radius 3 is 2.47 bits per heavy atom. The highest BCUT2D eigenvalue weighted by Gasteiger charge is 2.09. The fraction of sp³-hybridized carbons (Fsp3) is 0.273. The molecule has 2 rings (SSSR count). The van der Waals surface area contributed by atoms with Crippen LogP contribution in [0.25, 0.3) is 11.4 Å². The van der Waals surface area contributed by atoms with Gasteiger partial charge in [0.05, 0.1) is 0 Å². The standard InChI is InChI=1S/C11H12BrN3/c1-7-6-9(12)4-5-10(7)11-14-13-8(2)15(11)3/h4-6H,1-3H3. The fourth-order valence-corrected chi connectivity index (χ4v) is 2.00. The van der Waals surface area contributed by atoms with E-state index in [4.69, 9.17) is 0 Å². The van der Waals surface area contributed by atoms with Crippen LogP contribution in [0, 0.1) is 13.8 Å². The molecule has 0 aliphatic rings. The van der Waals surface area contributed by atoms with E-state index >= 15 is 0 Å². The molecule has 0 unspecified atom stereocenters. The molecule has 4 heteroatoms. The van der Waals surface area contributed by atoms with Gasteiger partial charge >= 0.3 is 0 Å². The van der Waals surface area contributed by atoms with Gasteiger partial charge in [-0.15, -0.1) is 10.2 Å². The summed E-state index contributed by atoms with van der Waals surface area (Å²) in [5.41, 5.74) is 2.32. The van der Waals surface area contributed by atoms with Crippen LogP contribution >= 0.6 is 15.9 Å². The zero-order valence-corrected chi connectivity index (χ0v) is 10.5. The lowest BCUT2D eigenvalue weighted by molar-refractivity contribution is 0.864. The third-order valence-corrected chi connectivity index (χ3v) is 3.02. The van der Waals surface area contributed by atoms with Crippen molar-refractivity contribution in [1.29, 1.82) is 0 Å². The van der Waals surface area contributed by atoms with E-state index in [1.54, 1.807) is 0 Å². The highest BCUT2D eigenvalue weighted by Crippen LogP contribution is 2.24. The van der Waals surface area contributed by atoms with Crippen molar-refractivity contribution < 1.29 is 0 Å². The van der Waals surface area contributed by atoms with Gasteiger partial charge in [0.15, 0.2) is 5.82 Å². The van der Waals surface area contributed by atoms with E-state index in [1.165, 1.54) is 5.56 Å². The second-order valence-electron chi connectivity index (χ2n) is 3.59. The van der Waals surface area contributed by atoms with Crippen molar-refractivity contribution in [2.75, 3.05) is 0 Å². The van der Waals surface area contributed by atoms with Gasteiger partial charge in [-0.1, -0.05) is 15.9 Å². The number of rotatable bonds is 1. The largest absolute Gasteiger partial charge is 0.314 e. The summed E-state index contributed by atoms with van der Waals surface area (Å²) in [6, 6.07) is 6.16. The second-order valence-corrected chi connectivity index (χ2v) is 4.50. The summed E-state index contributed by atoms with van der Waals surface area (Å²) in [5, 5.41) is 8.23. The minimum Gasteiger partial charge on any atom is -0.314 e. The lowest BCUT2D eigenvalue weighted by Gasteiger charge is -2.05. The average Bonchev–Trinajstić information content (AvgIpc) is 2.49. The first-order valence-electron chi connectivity index (χ1n) is 4.72. The maximum atomic E-state index is 4.17. The number of benzene rings is 1. The van der Waals surface area contributed by atoms with Crippen molar-refractivity contribution in [2.24, 2.45) is 7.05 Å². The number of aromatic nitrogens is 3. The predicted octanol–water partition coefficient (Wildman–Crippen LogP) is 2.86. The van der Waals surface area contributed by atoms with E-state index in [1.807, 2.05) is 24.6 Å². The van der Waals surface area contributed by atoms with Gasteiger partial charge < -0.3 is 4.57 Å². The number of halogens is 1. The maximum absolute atomic E-state index is 4.17. The molecule has 0 saturated heterocycles. The molecule has 0 spiro atoms. The molecule has 0 saturated carbocycles. The van der Waals surface area contributed by atoms with E-state index in [-0.39, 0.29) is 0 Å². The van der Waals surface area contributed by atoms with Gasteiger partial charge in [0.2, 0.25) is 0 Å². The van der Waals surface area contributed by atoms with Crippen LogP contribution in [0.1, 0.15) is 11.4 Å². The van der Waals surface area contributed by atoms with Crippen LogP contribution in [-0.2, 0) is 7.05 Å². The van der Waals surface area contributed by atoms with Crippen LogP contribution in [-0.4, -0.2) is 14.8 Å². The lowest BCUT2D eigenvalue weighted by Crippen LogP contribution is -1.96. The Hall–Kier alpha value is -1.16. The minimum absolute atomic E-state index is 0.914. The van der Waals surface area contributed by atoms with Gasteiger partial charge in [-0.25, -0.2) is 0 Å². The van der Waals surface area contributed by atoms with E-state index in [9.17, 15) is 0 Å². The Morgan fingerprint density at radius 1 is 1.20 bits per heavy atom. The van der Waals surface area contributed by atoms with Crippen molar-refractivity contribution >= 4 is 15.9 Å². The first-order valence-corrected chi connectivity index (χ1v) is 5.51. The van der Waals surface area contributed by atoms with Crippen molar-refractivity contribution in [3.63, 3.8) is 0 Å². The highest BCUT2D eigenvalue weighted by molar-refractivity contribution is 9.10. The van der Waals surface area contributed by atoms with Crippen LogP contribution < -0.4 is 0 Å². The molecule has 0 fully saturated rings. The zero-order valence-electron chi connectivity index (χ0n) is 8.95. The van der Waals surface area contributed by atoms with Crippen LogP contribution in [0.15, 0.2) is 22.7 Å². The number of nitrogens with zero attached hydrogens (tertiary/aromatic N) is 3. The molecule has 0 N–H and O–H groups in total. The van der Waals surface area contributed by atoms with Crippen molar-refractivity contribution in [3.8, 4) is 11.4 Å². The summed E-state index contributed by atoms with van der Waals surface area (Å²) in [6.07, 6.45) is 0. The molecule has 15 heavy (non-hydrogen) atoms. The molecule has 0 atom stereocenters. The molecule has 3 nitrogen and oxygen atoms in total. The second kappa shape index (κ2) is 3.77. The Bertz CT molecular complexity index is 503. The molecule has 78 valence electrons. The van der Waals surface area contributed by atoms with E-state index in [2.05, 4.69) is 45.2 Å². The minimum atomic E-state index is 0.914. The van der Waals surface area contributed by atoms with Gasteiger partial charge in [-0.2, -0.15) is 0 Å². The Kier molecular flexibility index (Phi) is 2.61. The summed E-state index contributed by atoms with van der Waals surface area (Å²) in [6.45, 7) is 4.02. The van der Waals surface area contributed by atoms with Gasteiger partial charge in [-0.3, -0.25) is 0 Å². The molecule has 0 aliphatic carbocycles. The Balaban J connectivity index is 2.59. The summed E-state index contributed by atoms with van der Waals surface area (Å²) >= 11 is 3.45. The molecule has 1 heterocycles. The van der Waals surface area contributed by atoms with Crippen LogP contribution in [0.2, 0.25) is 0 Å². The number of hydrogen-bond donors (Lipinski definition) is 0. The van der Waals surface area contributed by atoms with Crippen LogP contribution in [0.3, 0.4) is 0 Å². The van der Waals surface area contributed by atoms with Gasteiger partial charge in [0.1, 0.15) is 5.82 Å². The molecule has 2 aromatic rings. The molecule has 1 aromatic heterocycles. The Morgan fingerprint density at radius 2 is 1.93 bits per heavy atom. The van der Waals surface area contributed by atoms with Crippen molar-refractivity contribution in [1.82, 2.24) is 14.8 Å². The van der Waals surface area contributed by atoms with Crippen molar-refractivity contribution in [3.05, 3.63) is 34.1 Å². The number of hydrogen-bond acceptors (Lipinski definition) is 2. The fourth-order valence-electron chi connectivity index (χ4n) is 1.52. The Labute approximate surface area is 97.3 Å². The summed E-state index contributed by atoms with van der Waals surface area (Å²) in [7, 11) is 1.98. The first-order chi connectivity index (χ1) is 7.09. The summed E-state index contributed by atoms with van der Waals surface area (Å²) in [5.74, 6) is 1.84. The highest BCUT2D eigenvalue weighted by atomic mass is 79.9. The maximum Gasteiger partial charge on any atom is 0.163 e. The SMILES string of the molecule is Cc1cc(Br)ccc1-c1nnc(C)n1C. The van der Waals surface area contributed by atoms with E-state index in [0.717, 1.165) is 21.7 Å². The third kappa shape index (κ3) is 1.81. The number of aryl methyl sites for hydroxylation is 2. The predicted molar refractivity (Wildman–Crippen MR) is 63.6 cm³/mol. The molecular formula is C11H12BrN3. The topological polar surface area (TPSA) is 30.7 Å². The first kappa shape index (κ1) is 10.4. The lowest BCUT2D eigenvalue weighted by atomic mass is 10.1.